The van der Waals surface area contributed by atoms with Crippen LogP contribution in [-0.4, -0.2) is 34.9 Å². The summed E-state index contributed by atoms with van der Waals surface area (Å²) in [5, 5.41) is 23.0. The smallest absolute Gasteiger partial charge is 0.220 e. The van der Waals surface area contributed by atoms with Crippen molar-refractivity contribution in [3.63, 3.8) is 0 Å². The molecule has 49 heavy (non-hydrogen) atoms. The van der Waals surface area contributed by atoms with Crippen LogP contribution >= 0.6 is 0 Å². The molecular weight excluding hydrogens is 602 g/mol. The molecule has 0 saturated carbocycles. The Morgan fingerprint density at radius 3 is 1.35 bits per heavy atom. The van der Waals surface area contributed by atoms with Gasteiger partial charge in [-0.15, -0.1) is 0 Å². The Kier molecular flexibility index (Phi) is 39.4. The highest BCUT2D eigenvalue weighted by Gasteiger charge is 2.17. The molecule has 0 saturated heterocycles. The van der Waals surface area contributed by atoms with E-state index in [1.807, 2.05) is 6.08 Å². The van der Waals surface area contributed by atoms with Crippen LogP contribution in [0.3, 0.4) is 0 Å². The van der Waals surface area contributed by atoms with Gasteiger partial charge in [0.15, 0.2) is 0 Å². The molecule has 3 N–H and O–H groups in total. The van der Waals surface area contributed by atoms with Gasteiger partial charge in [0.2, 0.25) is 5.91 Å². The fourth-order valence-electron chi connectivity index (χ4n) is 6.31. The maximum atomic E-state index is 12.3. The topological polar surface area (TPSA) is 69.6 Å². The van der Waals surface area contributed by atoms with Gasteiger partial charge in [0.05, 0.1) is 18.8 Å². The first kappa shape index (κ1) is 47.4. The number of aliphatic hydroxyl groups is 2. The molecule has 0 heterocycles. The fraction of sp³-hybridized carbons (Fsp3) is 0.800. The molecule has 0 radical (unpaired) electrons. The first-order chi connectivity index (χ1) is 24.2. The average molecular weight is 686 g/mol. The van der Waals surface area contributed by atoms with Crippen LogP contribution in [-0.2, 0) is 4.79 Å². The standard InChI is InChI=1S/C45H83NO3/c1-3-5-7-9-11-13-15-17-19-20-21-22-23-24-25-27-28-30-32-34-36-38-40-44(48)43(42-47)46-45(49)41-39-37-35-33-31-29-26-18-16-14-12-10-8-6-4-2/h6,8,12,14,18,26,38,40,43-44,47-48H,3-5,7,9-11,13,15-17,19-25,27-37,39,41-42H2,1-2H3,(H,46,49)/b8-6-,14-12-,26-18-,40-38+. The molecule has 4 heteroatoms. The van der Waals surface area contributed by atoms with Crippen molar-refractivity contribution in [2.75, 3.05) is 6.61 Å². The van der Waals surface area contributed by atoms with Gasteiger partial charge in [0.1, 0.15) is 0 Å². The molecule has 0 bridgehead atoms. The summed E-state index contributed by atoms with van der Waals surface area (Å²) in [7, 11) is 0. The van der Waals surface area contributed by atoms with Crippen LogP contribution in [0, 0.1) is 0 Å². The number of rotatable bonds is 38. The van der Waals surface area contributed by atoms with E-state index in [1.165, 1.54) is 135 Å². The number of amides is 1. The Morgan fingerprint density at radius 2 is 0.898 bits per heavy atom. The molecule has 1 amide bonds. The van der Waals surface area contributed by atoms with Gasteiger partial charge in [-0.3, -0.25) is 4.79 Å². The Labute approximate surface area is 305 Å². The minimum absolute atomic E-state index is 0.0817. The molecule has 4 nitrogen and oxygen atoms in total. The highest BCUT2D eigenvalue weighted by molar-refractivity contribution is 5.76. The van der Waals surface area contributed by atoms with Gasteiger partial charge in [-0.25, -0.2) is 0 Å². The lowest BCUT2D eigenvalue weighted by Crippen LogP contribution is -2.45. The summed E-state index contributed by atoms with van der Waals surface area (Å²) >= 11 is 0. The minimum atomic E-state index is -0.847. The van der Waals surface area contributed by atoms with Crippen LogP contribution in [0.1, 0.15) is 213 Å². The van der Waals surface area contributed by atoms with Gasteiger partial charge >= 0.3 is 0 Å². The van der Waals surface area contributed by atoms with E-state index in [9.17, 15) is 15.0 Å². The van der Waals surface area contributed by atoms with Crippen LogP contribution < -0.4 is 5.32 Å². The molecule has 0 aliphatic rings. The van der Waals surface area contributed by atoms with Crippen molar-refractivity contribution >= 4 is 5.91 Å². The van der Waals surface area contributed by atoms with E-state index in [0.29, 0.717) is 6.42 Å². The molecule has 0 spiro atoms. The number of carbonyl (C=O) groups is 1. The number of allylic oxidation sites excluding steroid dienone is 7. The lowest BCUT2D eigenvalue weighted by atomic mass is 10.0. The number of unbranched alkanes of at least 4 members (excludes halogenated alkanes) is 25. The van der Waals surface area contributed by atoms with Crippen molar-refractivity contribution in [2.24, 2.45) is 0 Å². The Morgan fingerprint density at radius 1 is 0.510 bits per heavy atom. The summed E-state index contributed by atoms with van der Waals surface area (Å²) in [6.07, 6.45) is 55.0. The zero-order valence-electron chi connectivity index (χ0n) is 32.7. The zero-order chi connectivity index (χ0) is 35.7. The van der Waals surface area contributed by atoms with E-state index in [1.54, 1.807) is 6.08 Å². The van der Waals surface area contributed by atoms with Crippen molar-refractivity contribution in [1.29, 1.82) is 0 Å². The number of hydrogen-bond donors (Lipinski definition) is 3. The van der Waals surface area contributed by atoms with E-state index in [4.69, 9.17) is 0 Å². The second kappa shape index (κ2) is 40.8. The third-order valence-corrected chi connectivity index (χ3v) is 9.57. The van der Waals surface area contributed by atoms with Gasteiger partial charge < -0.3 is 15.5 Å². The van der Waals surface area contributed by atoms with Gasteiger partial charge in [0.25, 0.3) is 0 Å². The third kappa shape index (κ3) is 37.4. The van der Waals surface area contributed by atoms with Crippen molar-refractivity contribution in [1.82, 2.24) is 5.32 Å². The molecule has 0 aliphatic carbocycles. The number of aliphatic hydroxyl groups excluding tert-OH is 2. The Balaban J connectivity index is 3.58. The van der Waals surface area contributed by atoms with Crippen LogP contribution in [0.15, 0.2) is 48.6 Å². The molecule has 0 aliphatic heterocycles. The molecule has 286 valence electrons. The van der Waals surface area contributed by atoms with Crippen LogP contribution in [0.5, 0.6) is 0 Å². The Hall–Kier alpha value is -1.65. The van der Waals surface area contributed by atoms with Crippen LogP contribution in [0.2, 0.25) is 0 Å². The lowest BCUT2D eigenvalue weighted by Gasteiger charge is -2.20. The molecule has 0 aromatic heterocycles. The van der Waals surface area contributed by atoms with Crippen LogP contribution in [0.4, 0.5) is 0 Å². The van der Waals surface area contributed by atoms with E-state index in [-0.39, 0.29) is 12.5 Å². The largest absolute Gasteiger partial charge is 0.394 e. The highest BCUT2D eigenvalue weighted by Crippen LogP contribution is 2.15. The SMILES string of the molecule is CC/C=C\C/C=C\C/C=C\CCCCCCCC(=O)NC(CO)C(O)/C=C/CCCCCCCCCCCCCCCCCCCCCC. The normalized spacial score (nSPS) is 13.5. The van der Waals surface area contributed by atoms with Crippen molar-refractivity contribution in [3.8, 4) is 0 Å². The van der Waals surface area contributed by atoms with E-state index in [2.05, 4.69) is 55.6 Å². The maximum Gasteiger partial charge on any atom is 0.220 e. The summed E-state index contributed by atoms with van der Waals surface area (Å²) in [5.74, 6) is -0.0817. The van der Waals surface area contributed by atoms with Crippen molar-refractivity contribution in [3.05, 3.63) is 48.6 Å². The summed E-state index contributed by atoms with van der Waals surface area (Å²) in [6, 6.07) is -0.631. The Bertz CT molecular complexity index is 786. The lowest BCUT2D eigenvalue weighted by molar-refractivity contribution is -0.123. The number of carbonyl (C=O) groups excluding carboxylic acids is 1. The molecular formula is C45H83NO3. The quantitative estimate of drug-likeness (QED) is 0.0447. The van der Waals surface area contributed by atoms with E-state index < -0.39 is 12.1 Å². The summed E-state index contributed by atoms with van der Waals surface area (Å²) in [5.41, 5.74) is 0. The predicted molar refractivity (Wildman–Crippen MR) is 216 cm³/mol. The second-order valence-electron chi connectivity index (χ2n) is 14.4. The average Bonchev–Trinajstić information content (AvgIpc) is 3.10. The first-order valence-corrected chi connectivity index (χ1v) is 21.4. The molecule has 2 unspecified atom stereocenters. The van der Waals surface area contributed by atoms with E-state index in [0.717, 1.165) is 57.8 Å². The third-order valence-electron chi connectivity index (χ3n) is 9.57. The van der Waals surface area contributed by atoms with Crippen molar-refractivity contribution in [2.45, 2.75) is 225 Å². The molecule has 0 rings (SSSR count). The fourth-order valence-corrected chi connectivity index (χ4v) is 6.31. The summed E-state index contributed by atoms with van der Waals surface area (Å²) < 4.78 is 0. The predicted octanol–water partition coefficient (Wildman–Crippen LogP) is 13.2. The van der Waals surface area contributed by atoms with Gasteiger partial charge in [0, 0.05) is 6.42 Å². The monoisotopic (exact) mass is 686 g/mol. The van der Waals surface area contributed by atoms with Gasteiger partial charge in [-0.2, -0.15) is 0 Å². The van der Waals surface area contributed by atoms with E-state index >= 15 is 0 Å². The number of nitrogens with one attached hydrogen (secondary N) is 1. The maximum absolute atomic E-state index is 12.3. The highest BCUT2D eigenvalue weighted by atomic mass is 16.3. The number of hydrogen-bond acceptors (Lipinski definition) is 3. The molecule has 0 aromatic carbocycles. The molecule has 0 aromatic rings. The summed E-state index contributed by atoms with van der Waals surface area (Å²) in [4.78, 5) is 12.3. The van der Waals surface area contributed by atoms with Crippen LogP contribution in [0.25, 0.3) is 0 Å². The van der Waals surface area contributed by atoms with Crippen molar-refractivity contribution < 1.29 is 15.0 Å². The van der Waals surface area contributed by atoms with Gasteiger partial charge in [-0.1, -0.05) is 204 Å². The van der Waals surface area contributed by atoms with Gasteiger partial charge in [-0.05, 0) is 51.4 Å². The minimum Gasteiger partial charge on any atom is -0.394 e. The molecule has 2 atom stereocenters. The second-order valence-corrected chi connectivity index (χ2v) is 14.4. The molecule has 0 fully saturated rings. The first-order valence-electron chi connectivity index (χ1n) is 21.4. The zero-order valence-corrected chi connectivity index (χ0v) is 32.7. The summed E-state index contributed by atoms with van der Waals surface area (Å²) in [6.45, 7) is 4.19.